The maximum Gasteiger partial charge on any atom is 0.251 e. The van der Waals surface area contributed by atoms with Gasteiger partial charge in [0.1, 0.15) is 0 Å². The number of ether oxygens (including phenoxy) is 1. The van der Waals surface area contributed by atoms with Crippen LogP contribution in [0.5, 0.6) is 0 Å². The van der Waals surface area contributed by atoms with Crippen LogP contribution in [-0.2, 0) is 9.53 Å². The largest absolute Gasteiger partial charge is 0.381 e. The van der Waals surface area contributed by atoms with Crippen LogP contribution in [0.1, 0.15) is 50.4 Å². The van der Waals surface area contributed by atoms with E-state index < -0.39 is 6.04 Å². The molecule has 1 unspecified atom stereocenters. The lowest BCUT2D eigenvalue weighted by Crippen LogP contribution is -2.44. The molecular formula is C19H30ClN3O3. The Morgan fingerprint density at radius 2 is 1.81 bits per heavy atom. The lowest BCUT2D eigenvalue weighted by molar-refractivity contribution is -0.119. The third-order valence-electron chi connectivity index (χ3n) is 4.83. The van der Waals surface area contributed by atoms with Gasteiger partial charge in [0.15, 0.2) is 0 Å². The molecule has 1 atom stereocenters. The minimum absolute atomic E-state index is 0. The van der Waals surface area contributed by atoms with Gasteiger partial charge < -0.3 is 21.1 Å². The molecule has 1 heterocycles. The van der Waals surface area contributed by atoms with Crippen molar-refractivity contribution in [2.75, 3.05) is 18.5 Å². The van der Waals surface area contributed by atoms with Gasteiger partial charge in [0.2, 0.25) is 5.91 Å². The molecule has 0 radical (unpaired) electrons. The summed E-state index contributed by atoms with van der Waals surface area (Å²) in [4.78, 5) is 24.5. The van der Waals surface area contributed by atoms with Gasteiger partial charge >= 0.3 is 0 Å². The van der Waals surface area contributed by atoms with E-state index in [1.54, 1.807) is 24.3 Å². The number of nitrogens with two attached hydrogens (primary N) is 1. The average Bonchev–Trinajstić information content (AvgIpc) is 2.62. The molecule has 0 spiro atoms. The maximum atomic E-state index is 12.3. The van der Waals surface area contributed by atoms with Crippen molar-refractivity contribution >= 4 is 29.9 Å². The Labute approximate surface area is 161 Å². The molecule has 1 aromatic carbocycles. The van der Waals surface area contributed by atoms with Gasteiger partial charge in [-0.3, -0.25) is 9.59 Å². The average molecular weight is 384 g/mol. The fourth-order valence-corrected chi connectivity index (χ4v) is 2.69. The maximum absolute atomic E-state index is 12.3. The molecule has 26 heavy (non-hydrogen) atoms. The van der Waals surface area contributed by atoms with Crippen LogP contribution in [-0.4, -0.2) is 36.6 Å². The molecule has 0 bridgehead atoms. The zero-order chi connectivity index (χ0) is 18.4. The molecule has 2 rings (SSSR count). The molecule has 0 aliphatic carbocycles. The molecule has 1 aliphatic heterocycles. The Hall–Kier alpha value is -1.63. The van der Waals surface area contributed by atoms with Gasteiger partial charge in [0.25, 0.3) is 5.91 Å². The van der Waals surface area contributed by atoms with Crippen LogP contribution in [0.2, 0.25) is 0 Å². The molecule has 1 fully saturated rings. The summed E-state index contributed by atoms with van der Waals surface area (Å²) >= 11 is 0. The first-order valence-corrected chi connectivity index (χ1v) is 8.89. The molecule has 6 nitrogen and oxygen atoms in total. The minimum atomic E-state index is -0.544. The third kappa shape index (κ3) is 6.27. The van der Waals surface area contributed by atoms with Gasteiger partial charge in [0.05, 0.1) is 6.04 Å². The smallest absolute Gasteiger partial charge is 0.251 e. The van der Waals surface area contributed by atoms with E-state index in [1.807, 2.05) is 20.8 Å². The van der Waals surface area contributed by atoms with E-state index in [0.29, 0.717) is 24.5 Å². The fraction of sp³-hybridized carbons (Fsp3) is 0.579. The van der Waals surface area contributed by atoms with Crippen molar-refractivity contribution in [3.63, 3.8) is 0 Å². The molecule has 4 N–H and O–H groups in total. The molecular weight excluding hydrogens is 354 g/mol. The Kier molecular flexibility index (Phi) is 8.53. The van der Waals surface area contributed by atoms with Crippen LogP contribution in [0.4, 0.5) is 5.69 Å². The van der Waals surface area contributed by atoms with Crippen molar-refractivity contribution in [2.24, 2.45) is 11.7 Å². The van der Waals surface area contributed by atoms with E-state index in [1.165, 1.54) is 0 Å². The lowest BCUT2D eigenvalue weighted by Gasteiger charge is -2.26. The first-order chi connectivity index (χ1) is 11.8. The van der Waals surface area contributed by atoms with Crippen LogP contribution in [0.3, 0.4) is 0 Å². The number of rotatable bonds is 6. The highest BCUT2D eigenvalue weighted by atomic mass is 35.5. The van der Waals surface area contributed by atoms with Crippen LogP contribution in [0, 0.1) is 5.92 Å². The Bertz CT molecular complexity index is 599. The predicted octanol–water partition coefficient (Wildman–Crippen LogP) is 2.72. The van der Waals surface area contributed by atoms with Crippen molar-refractivity contribution < 1.29 is 14.3 Å². The van der Waals surface area contributed by atoms with Crippen molar-refractivity contribution in [2.45, 2.75) is 51.6 Å². The summed E-state index contributed by atoms with van der Waals surface area (Å²) in [5.41, 5.74) is 7.02. The number of hydrogen-bond donors (Lipinski definition) is 3. The zero-order valence-electron chi connectivity index (χ0n) is 15.7. The van der Waals surface area contributed by atoms with E-state index in [4.69, 9.17) is 10.5 Å². The number of nitrogens with one attached hydrogen (secondary N) is 2. The van der Waals surface area contributed by atoms with Gasteiger partial charge in [-0.25, -0.2) is 0 Å². The number of carbonyl (C=O) groups is 2. The number of carbonyl (C=O) groups excluding carboxylic acids is 2. The van der Waals surface area contributed by atoms with Crippen LogP contribution in [0.25, 0.3) is 0 Å². The van der Waals surface area contributed by atoms with Gasteiger partial charge in [0, 0.05) is 30.0 Å². The summed E-state index contributed by atoms with van der Waals surface area (Å²) in [6.45, 7) is 7.31. The molecule has 7 heteroatoms. The predicted molar refractivity (Wildman–Crippen MR) is 106 cm³/mol. The van der Waals surface area contributed by atoms with Gasteiger partial charge in [-0.1, -0.05) is 6.92 Å². The van der Waals surface area contributed by atoms with E-state index in [2.05, 4.69) is 10.6 Å². The molecule has 1 aromatic rings. The van der Waals surface area contributed by atoms with E-state index in [-0.39, 0.29) is 35.7 Å². The molecule has 0 aromatic heterocycles. The Morgan fingerprint density at radius 1 is 1.23 bits per heavy atom. The SMILES string of the molecule is CCC(C)(C)NC(=O)c1ccc(NC(=O)C(N)C2CCOCC2)cc1.Cl. The van der Waals surface area contributed by atoms with Crippen molar-refractivity contribution in [3.05, 3.63) is 29.8 Å². The fourth-order valence-electron chi connectivity index (χ4n) is 2.69. The van der Waals surface area contributed by atoms with E-state index >= 15 is 0 Å². The molecule has 0 saturated carbocycles. The Balaban J connectivity index is 0.00000338. The highest BCUT2D eigenvalue weighted by molar-refractivity contribution is 5.97. The second kappa shape index (κ2) is 9.90. The van der Waals surface area contributed by atoms with Crippen molar-refractivity contribution in [3.8, 4) is 0 Å². The number of benzene rings is 1. The standard InChI is InChI=1S/C19H29N3O3.ClH/c1-4-19(2,3)22-17(23)14-5-7-15(8-6-14)21-18(24)16(20)13-9-11-25-12-10-13;/h5-8,13,16H,4,9-12,20H2,1-3H3,(H,21,24)(H,22,23);1H. The van der Waals surface area contributed by atoms with Crippen LogP contribution in [0.15, 0.2) is 24.3 Å². The summed E-state index contributed by atoms with van der Waals surface area (Å²) in [5, 5.41) is 5.81. The minimum Gasteiger partial charge on any atom is -0.381 e. The van der Waals surface area contributed by atoms with Gasteiger partial charge in [-0.2, -0.15) is 0 Å². The monoisotopic (exact) mass is 383 g/mol. The number of hydrogen-bond acceptors (Lipinski definition) is 4. The first-order valence-electron chi connectivity index (χ1n) is 8.89. The summed E-state index contributed by atoms with van der Waals surface area (Å²) < 4.78 is 5.30. The van der Waals surface area contributed by atoms with Gasteiger partial charge in [-0.05, 0) is 63.3 Å². The number of halogens is 1. The van der Waals surface area contributed by atoms with Crippen molar-refractivity contribution in [1.29, 1.82) is 0 Å². The topological polar surface area (TPSA) is 93.5 Å². The summed E-state index contributed by atoms with van der Waals surface area (Å²) in [7, 11) is 0. The summed E-state index contributed by atoms with van der Waals surface area (Å²) in [6, 6.07) is 6.32. The Morgan fingerprint density at radius 3 is 2.35 bits per heavy atom. The second-order valence-corrected chi connectivity index (χ2v) is 7.23. The number of anilines is 1. The molecule has 146 valence electrons. The normalized spacial score (nSPS) is 16.3. The van der Waals surface area contributed by atoms with Crippen LogP contribution >= 0.6 is 12.4 Å². The first kappa shape index (κ1) is 22.4. The highest BCUT2D eigenvalue weighted by Crippen LogP contribution is 2.19. The quantitative estimate of drug-likeness (QED) is 0.704. The molecule has 2 amide bonds. The van der Waals surface area contributed by atoms with Crippen LogP contribution < -0.4 is 16.4 Å². The molecule has 1 aliphatic rings. The zero-order valence-corrected chi connectivity index (χ0v) is 16.5. The van der Waals surface area contributed by atoms with E-state index in [0.717, 1.165) is 19.3 Å². The third-order valence-corrected chi connectivity index (χ3v) is 4.83. The highest BCUT2D eigenvalue weighted by Gasteiger charge is 2.26. The molecule has 1 saturated heterocycles. The number of amides is 2. The van der Waals surface area contributed by atoms with E-state index in [9.17, 15) is 9.59 Å². The summed E-state index contributed by atoms with van der Waals surface area (Å²) in [6.07, 6.45) is 2.46. The lowest BCUT2D eigenvalue weighted by atomic mass is 9.92. The van der Waals surface area contributed by atoms with Crippen molar-refractivity contribution in [1.82, 2.24) is 5.32 Å². The van der Waals surface area contributed by atoms with Gasteiger partial charge in [-0.15, -0.1) is 12.4 Å². The summed E-state index contributed by atoms with van der Waals surface area (Å²) in [5.74, 6) is -0.171. The second-order valence-electron chi connectivity index (χ2n) is 7.23.